The van der Waals surface area contributed by atoms with Gasteiger partial charge < -0.3 is 26.0 Å². The zero-order valence-electron chi connectivity index (χ0n) is 24.0. The molecule has 4 N–H and O–H groups in total. The number of hydrogen-bond donors (Lipinski definition) is 3. The number of imidazole rings is 1. The van der Waals surface area contributed by atoms with Crippen LogP contribution >= 0.6 is 0 Å². The van der Waals surface area contributed by atoms with E-state index in [1.807, 2.05) is 0 Å². The lowest BCUT2D eigenvalue weighted by atomic mass is 9.85. The van der Waals surface area contributed by atoms with Crippen molar-refractivity contribution in [2.24, 2.45) is 11.7 Å². The van der Waals surface area contributed by atoms with Crippen molar-refractivity contribution in [3.05, 3.63) is 35.8 Å². The minimum atomic E-state index is -1.43. The second-order valence-electron chi connectivity index (χ2n) is 12.0. The molecule has 3 aromatic rings. The van der Waals surface area contributed by atoms with E-state index < -0.39 is 53.0 Å². The zero-order chi connectivity index (χ0) is 31.1. The molecule has 3 heterocycles. The molecule has 1 saturated heterocycles. The van der Waals surface area contributed by atoms with E-state index in [1.165, 1.54) is 11.1 Å². The van der Waals surface area contributed by atoms with E-state index in [-0.39, 0.29) is 43.4 Å². The number of rotatable bonds is 6. The largest absolute Gasteiger partial charge is 0.444 e. The lowest BCUT2D eigenvalue weighted by Crippen LogP contribution is -2.51. The number of nitrogens with one attached hydrogen (secondary N) is 2. The monoisotopic (exact) mass is 606 g/mol. The predicted octanol–water partition coefficient (Wildman–Crippen LogP) is 4.96. The topological polar surface area (TPSA) is 140 Å². The van der Waals surface area contributed by atoms with E-state index in [9.17, 15) is 22.8 Å². The third-order valence-electron chi connectivity index (χ3n) is 7.65. The fourth-order valence-electron chi connectivity index (χ4n) is 5.51. The van der Waals surface area contributed by atoms with Crippen molar-refractivity contribution in [2.75, 3.05) is 23.7 Å². The van der Waals surface area contributed by atoms with E-state index in [0.29, 0.717) is 49.0 Å². The number of benzene rings is 1. The summed E-state index contributed by atoms with van der Waals surface area (Å²) >= 11 is 0. The molecule has 5 rings (SSSR count). The standard InChI is InChI=1S/C28H34F4N8O3/c1-28(2,3)43-27(42)39-9-8-20(19(32)13-39)35-25-34-12-21-24(38-25)40(16-6-4-14(5-7-16)23(33)41)26(36-21)37-22-17(30)10-15(29)11-18(22)31/h10-12,14,16,19-20H,4-9,13H2,1-3H3,(H2,33,41)(H,36,37)(H,34,35,38)/t14-,16+,19?,20-/m0/s1. The van der Waals surface area contributed by atoms with Gasteiger partial charge in [0, 0.05) is 30.6 Å². The van der Waals surface area contributed by atoms with E-state index in [2.05, 4.69) is 25.6 Å². The third-order valence-corrected chi connectivity index (χ3v) is 7.65. The molecule has 2 aliphatic rings. The van der Waals surface area contributed by atoms with Crippen LogP contribution in [0.1, 0.15) is 58.9 Å². The Morgan fingerprint density at radius 2 is 1.72 bits per heavy atom. The Bertz CT molecular complexity index is 1500. The maximum absolute atomic E-state index is 15.2. The summed E-state index contributed by atoms with van der Waals surface area (Å²) in [5, 5.41) is 5.65. The number of alkyl halides is 1. The van der Waals surface area contributed by atoms with E-state index in [0.717, 1.165) is 0 Å². The number of nitrogens with two attached hydrogens (primary N) is 1. The molecule has 15 heteroatoms. The highest BCUT2D eigenvalue weighted by atomic mass is 19.1. The number of hydrogen-bond acceptors (Lipinski definition) is 8. The van der Waals surface area contributed by atoms with Crippen LogP contribution in [-0.2, 0) is 9.53 Å². The molecule has 1 aliphatic heterocycles. The van der Waals surface area contributed by atoms with Crippen LogP contribution in [0.4, 0.5) is 39.9 Å². The molecule has 0 spiro atoms. The van der Waals surface area contributed by atoms with Crippen molar-refractivity contribution in [3.8, 4) is 0 Å². The van der Waals surface area contributed by atoms with Crippen LogP contribution in [0.25, 0.3) is 11.2 Å². The van der Waals surface area contributed by atoms with Gasteiger partial charge in [-0.25, -0.2) is 32.3 Å². The van der Waals surface area contributed by atoms with Crippen molar-refractivity contribution in [2.45, 2.75) is 76.7 Å². The molecule has 232 valence electrons. The predicted molar refractivity (Wildman–Crippen MR) is 150 cm³/mol. The second kappa shape index (κ2) is 11.8. The Balaban J connectivity index is 1.41. The summed E-state index contributed by atoms with van der Waals surface area (Å²) in [6.07, 6.45) is 1.65. The van der Waals surface area contributed by atoms with Crippen molar-refractivity contribution in [1.82, 2.24) is 24.4 Å². The van der Waals surface area contributed by atoms with Gasteiger partial charge in [-0.15, -0.1) is 0 Å². The van der Waals surface area contributed by atoms with Crippen molar-refractivity contribution < 1.29 is 31.9 Å². The molecule has 1 aliphatic carbocycles. The SMILES string of the molecule is CC(C)(C)OC(=O)N1CC[C@H](Nc2ncc3nc(Nc4c(F)cc(F)cc4F)n([C@H]4CC[C@@H](C(N)=O)CC4)c3n2)C(F)C1. The lowest BCUT2D eigenvalue weighted by Gasteiger charge is -2.35. The van der Waals surface area contributed by atoms with Crippen molar-refractivity contribution in [3.63, 3.8) is 0 Å². The minimum absolute atomic E-state index is 0.0439. The summed E-state index contributed by atoms with van der Waals surface area (Å²) in [6, 6.07) is 0.140. The van der Waals surface area contributed by atoms with Gasteiger partial charge in [0.2, 0.25) is 17.8 Å². The average molecular weight is 607 g/mol. The van der Waals surface area contributed by atoms with Crippen molar-refractivity contribution in [1.29, 1.82) is 0 Å². The van der Waals surface area contributed by atoms with Gasteiger partial charge in [-0.1, -0.05) is 0 Å². The summed E-state index contributed by atoms with van der Waals surface area (Å²) in [5.41, 5.74) is 4.81. The van der Waals surface area contributed by atoms with Gasteiger partial charge in [0.1, 0.15) is 28.8 Å². The first kappa shape index (κ1) is 30.3. The summed E-state index contributed by atoms with van der Waals surface area (Å²) < 4.78 is 64.8. The summed E-state index contributed by atoms with van der Waals surface area (Å²) in [7, 11) is 0. The number of anilines is 3. The van der Waals surface area contributed by atoms with E-state index in [1.54, 1.807) is 25.3 Å². The number of carbonyl (C=O) groups is 2. The molecular weight excluding hydrogens is 572 g/mol. The van der Waals surface area contributed by atoms with Gasteiger partial charge in [-0.3, -0.25) is 9.36 Å². The van der Waals surface area contributed by atoms with Crippen LogP contribution in [0.3, 0.4) is 0 Å². The van der Waals surface area contributed by atoms with Gasteiger partial charge in [-0.05, 0) is 52.9 Å². The number of ether oxygens (including phenoxy) is 1. The van der Waals surface area contributed by atoms with Crippen LogP contribution in [0.2, 0.25) is 0 Å². The molecule has 0 radical (unpaired) electrons. The Morgan fingerprint density at radius 1 is 1.05 bits per heavy atom. The molecule has 43 heavy (non-hydrogen) atoms. The number of carbonyl (C=O) groups excluding carboxylic acids is 2. The number of piperidine rings is 1. The third kappa shape index (κ3) is 6.75. The van der Waals surface area contributed by atoms with Gasteiger partial charge in [0.15, 0.2) is 17.3 Å². The first-order chi connectivity index (χ1) is 20.3. The summed E-state index contributed by atoms with van der Waals surface area (Å²) in [6.45, 7) is 5.31. The highest BCUT2D eigenvalue weighted by Crippen LogP contribution is 2.37. The Hall–Kier alpha value is -4.17. The molecule has 2 atom stereocenters. The Kier molecular flexibility index (Phi) is 8.34. The highest BCUT2D eigenvalue weighted by molar-refractivity contribution is 5.78. The molecule has 2 aromatic heterocycles. The molecular formula is C28H34F4N8O3. The first-order valence-electron chi connectivity index (χ1n) is 14.1. The molecule has 1 saturated carbocycles. The molecule has 11 nitrogen and oxygen atoms in total. The zero-order valence-corrected chi connectivity index (χ0v) is 24.0. The fraction of sp³-hybridized carbons (Fsp3) is 0.536. The highest BCUT2D eigenvalue weighted by Gasteiger charge is 2.35. The van der Waals surface area contributed by atoms with E-state index in [4.69, 9.17) is 10.5 Å². The van der Waals surface area contributed by atoms with Gasteiger partial charge in [0.05, 0.1) is 18.8 Å². The van der Waals surface area contributed by atoms with Gasteiger partial charge in [-0.2, -0.15) is 4.98 Å². The number of amides is 2. The lowest BCUT2D eigenvalue weighted by molar-refractivity contribution is -0.122. The number of primary amides is 1. The smallest absolute Gasteiger partial charge is 0.410 e. The Labute approximate surface area is 245 Å². The fourth-order valence-corrected chi connectivity index (χ4v) is 5.51. The van der Waals surface area contributed by atoms with Gasteiger partial charge in [0.25, 0.3) is 0 Å². The van der Waals surface area contributed by atoms with Crippen molar-refractivity contribution >= 4 is 40.7 Å². The summed E-state index contributed by atoms with van der Waals surface area (Å²) in [4.78, 5) is 38.8. The quantitative estimate of drug-likeness (QED) is 0.335. The average Bonchev–Trinajstić information content (AvgIpc) is 3.28. The van der Waals surface area contributed by atoms with Crippen LogP contribution in [0.15, 0.2) is 18.3 Å². The number of likely N-dealkylation sites (tertiary alicyclic amines) is 1. The molecule has 2 fully saturated rings. The maximum Gasteiger partial charge on any atom is 0.410 e. The first-order valence-corrected chi connectivity index (χ1v) is 14.1. The van der Waals surface area contributed by atoms with Crippen LogP contribution < -0.4 is 16.4 Å². The normalized spacial score (nSPS) is 22.8. The number of fused-ring (bicyclic) bond motifs is 1. The van der Waals surface area contributed by atoms with Gasteiger partial charge >= 0.3 is 6.09 Å². The number of halogens is 4. The molecule has 0 bridgehead atoms. The Morgan fingerprint density at radius 3 is 2.33 bits per heavy atom. The molecule has 1 aromatic carbocycles. The number of nitrogens with zero attached hydrogens (tertiary/aromatic N) is 5. The minimum Gasteiger partial charge on any atom is -0.444 e. The van der Waals surface area contributed by atoms with Crippen LogP contribution in [0.5, 0.6) is 0 Å². The molecule has 1 unspecified atom stereocenters. The summed E-state index contributed by atoms with van der Waals surface area (Å²) in [5.74, 6) is -3.90. The second-order valence-corrected chi connectivity index (χ2v) is 12.0. The maximum atomic E-state index is 15.2. The van der Waals surface area contributed by atoms with Crippen LogP contribution in [-0.4, -0.2) is 67.3 Å². The van der Waals surface area contributed by atoms with E-state index >= 15 is 4.39 Å². The molecule has 2 amide bonds. The number of aromatic nitrogens is 4. The van der Waals surface area contributed by atoms with Crippen LogP contribution in [0, 0.1) is 23.4 Å².